The van der Waals surface area contributed by atoms with E-state index in [-0.39, 0.29) is 5.91 Å². The minimum absolute atomic E-state index is 0.0528. The fraction of sp³-hybridized carbons (Fsp3) is 0.444. The number of piperidine rings is 1. The third kappa shape index (κ3) is 3.29. The molecule has 1 aliphatic heterocycles. The molecule has 1 saturated heterocycles. The lowest BCUT2D eigenvalue weighted by Crippen LogP contribution is -2.41. The van der Waals surface area contributed by atoms with E-state index in [1.165, 1.54) is 0 Å². The molecule has 3 rings (SSSR count). The summed E-state index contributed by atoms with van der Waals surface area (Å²) in [6.07, 6.45) is 5.19. The minimum Gasteiger partial charge on any atom is -0.367 e. The zero-order valence-corrected chi connectivity index (χ0v) is 13.7. The van der Waals surface area contributed by atoms with Crippen molar-refractivity contribution in [2.24, 2.45) is 7.05 Å². The largest absolute Gasteiger partial charge is 0.367 e. The molecule has 5 nitrogen and oxygen atoms in total. The maximum Gasteiger partial charge on any atom is 0.256 e. The number of aryl methyl sites for hydroxylation is 1. The molecule has 1 aromatic heterocycles. The summed E-state index contributed by atoms with van der Waals surface area (Å²) >= 11 is 0. The van der Waals surface area contributed by atoms with Gasteiger partial charge in [0.15, 0.2) is 6.10 Å². The van der Waals surface area contributed by atoms with Crippen molar-refractivity contribution in [3.63, 3.8) is 0 Å². The molecule has 0 radical (unpaired) electrons. The Bertz CT molecular complexity index is 645. The minimum atomic E-state index is -0.513. The van der Waals surface area contributed by atoms with Gasteiger partial charge in [-0.05, 0) is 18.4 Å². The van der Waals surface area contributed by atoms with Crippen LogP contribution in [0.3, 0.4) is 0 Å². The van der Waals surface area contributed by atoms with E-state index in [0.717, 1.165) is 37.3 Å². The molecule has 23 heavy (non-hydrogen) atoms. The highest BCUT2D eigenvalue weighted by molar-refractivity contribution is 5.82. The zero-order chi connectivity index (χ0) is 16.2. The monoisotopic (exact) mass is 313 g/mol. The number of benzene rings is 1. The van der Waals surface area contributed by atoms with E-state index in [4.69, 9.17) is 4.74 Å². The van der Waals surface area contributed by atoms with Crippen molar-refractivity contribution in [2.45, 2.75) is 24.9 Å². The second-order valence-corrected chi connectivity index (χ2v) is 6.02. The first kappa shape index (κ1) is 15.7. The Morgan fingerprint density at radius 1 is 1.26 bits per heavy atom. The van der Waals surface area contributed by atoms with Gasteiger partial charge in [-0.15, -0.1) is 0 Å². The molecule has 2 aromatic rings. The number of aromatic nitrogens is 2. The Balaban J connectivity index is 1.65. The van der Waals surface area contributed by atoms with E-state index in [9.17, 15) is 4.79 Å². The molecule has 0 aliphatic carbocycles. The summed E-state index contributed by atoms with van der Waals surface area (Å²) in [7, 11) is 3.62. The van der Waals surface area contributed by atoms with Gasteiger partial charge in [0.1, 0.15) is 5.82 Å². The highest BCUT2D eigenvalue weighted by Gasteiger charge is 2.30. The highest BCUT2D eigenvalue weighted by atomic mass is 16.5. The maximum absolute atomic E-state index is 12.8. The number of nitrogens with zero attached hydrogens (tertiary/aromatic N) is 3. The fourth-order valence-electron chi connectivity index (χ4n) is 3.30. The Kier molecular flexibility index (Phi) is 4.76. The number of likely N-dealkylation sites (tertiary alicyclic amines) is 1. The maximum atomic E-state index is 12.8. The number of hydrogen-bond acceptors (Lipinski definition) is 3. The molecule has 1 atom stereocenters. The standard InChI is InChI=1S/C18H23N3O2/c1-20-13-10-19-17(20)15-8-11-21(12-9-15)18(22)16(23-2)14-6-4-3-5-7-14/h3-7,10,13,15-16H,8-9,11-12H2,1-2H3. The van der Waals surface area contributed by atoms with E-state index in [2.05, 4.69) is 9.55 Å². The van der Waals surface area contributed by atoms with Crippen molar-refractivity contribution < 1.29 is 9.53 Å². The summed E-state index contributed by atoms with van der Waals surface area (Å²) in [5, 5.41) is 0. The fourth-order valence-corrected chi connectivity index (χ4v) is 3.30. The van der Waals surface area contributed by atoms with Gasteiger partial charge >= 0.3 is 0 Å². The first-order valence-corrected chi connectivity index (χ1v) is 8.04. The van der Waals surface area contributed by atoms with Crippen LogP contribution in [-0.4, -0.2) is 40.6 Å². The van der Waals surface area contributed by atoms with Gasteiger partial charge in [-0.3, -0.25) is 4.79 Å². The van der Waals surface area contributed by atoms with Crippen LogP contribution in [0.1, 0.15) is 36.3 Å². The topological polar surface area (TPSA) is 47.4 Å². The van der Waals surface area contributed by atoms with Crippen molar-refractivity contribution >= 4 is 5.91 Å². The number of ether oxygens (including phenoxy) is 1. The SMILES string of the molecule is COC(C(=O)N1CCC(c2nccn2C)CC1)c1ccccc1. The van der Waals surface area contributed by atoms with Gasteiger partial charge in [0.2, 0.25) is 0 Å². The van der Waals surface area contributed by atoms with Gasteiger partial charge in [0.05, 0.1) is 0 Å². The van der Waals surface area contributed by atoms with Crippen LogP contribution in [0, 0.1) is 0 Å². The van der Waals surface area contributed by atoms with E-state index in [0.29, 0.717) is 5.92 Å². The van der Waals surface area contributed by atoms with Crippen molar-refractivity contribution in [1.29, 1.82) is 0 Å². The quantitative estimate of drug-likeness (QED) is 0.871. The summed E-state index contributed by atoms with van der Waals surface area (Å²) in [5.74, 6) is 1.59. The number of carbonyl (C=O) groups excluding carboxylic acids is 1. The van der Waals surface area contributed by atoms with Gasteiger partial charge < -0.3 is 14.2 Å². The number of amides is 1. The second-order valence-electron chi connectivity index (χ2n) is 6.02. The lowest BCUT2D eigenvalue weighted by atomic mass is 9.95. The van der Waals surface area contributed by atoms with E-state index < -0.39 is 6.10 Å². The van der Waals surface area contributed by atoms with Crippen LogP contribution in [0.4, 0.5) is 0 Å². The molecule has 0 spiro atoms. The van der Waals surface area contributed by atoms with Crippen LogP contribution in [0.2, 0.25) is 0 Å². The first-order valence-electron chi connectivity index (χ1n) is 8.04. The summed E-state index contributed by atoms with van der Waals surface area (Å²) < 4.78 is 7.54. The number of hydrogen-bond donors (Lipinski definition) is 0. The molecule has 0 bridgehead atoms. The highest BCUT2D eigenvalue weighted by Crippen LogP contribution is 2.28. The molecule has 0 saturated carbocycles. The van der Waals surface area contributed by atoms with Gasteiger partial charge in [0.25, 0.3) is 5.91 Å². The van der Waals surface area contributed by atoms with Crippen LogP contribution in [0.25, 0.3) is 0 Å². The lowest BCUT2D eigenvalue weighted by Gasteiger charge is -2.33. The van der Waals surface area contributed by atoms with Gasteiger partial charge in [-0.1, -0.05) is 30.3 Å². The van der Waals surface area contributed by atoms with Crippen LogP contribution in [0.15, 0.2) is 42.7 Å². The Labute approximate surface area is 136 Å². The predicted octanol–water partition coefficient (Wildman–Crippen LogP) is 2.51. The summed E-state index contributed by atoms with van der Waals surface area (Å²) in [5.41, 5.74) is 0.909. The van der Waals surface area contributed by atoms with Gasteiger partial charge in [0, 0.05) is 45.6 Å². The Hall–Kier alpha value is -2.14. The van der Waals surface area contributed by atoms with Crippen molar-refractivity contribution in [1.82, 2.24) is 14.5 Å². The van der Waals surface area contributed by atoms with E-state index in [1.54, 1.807) is 7.11 Å². The second kappa shape index (κ2) is 6.96. The third-order valence-corrected chi connectivity index (χ3v) is 4.59. The lowest BCUT2D eigenvalue weighted by molar-refractivity contribution is -0.143. The van der Waals surface area contributed by atoms with E-state index >= 15 is 0 Å². The smallest absolute Gasteiger partial charge is 0.256 e. The Morgan fingerprint density at radius 2 is 1.96 bits per heavy atom. The number of rotatable bonds is 4. The summed E-state index contributed by atoms with van der Waals surface area (Å²) in [6, 6.07) is 9.68. The number of carbonyl (C=O) groups is 1. The Morgan fingerprint density at radius 3 is 2.52 bits per heavy atom. The normalized spacial score (nSPS) is 17.2. The van der Waals surface area contributed by atoms with E-state index in [1.807, 2.05) is 54.7 Å². The van der Waals surface area contributed by atoms with Crippen molar-refractivity contribution in [2.75, 3.05) is 20.2 Å². The summed E-state index contributed by atoms with van der Waals surface area (Å²) in [4.78, 5) is 19.1. The zero-order valence-electron chi connectivity index (χ0n) is 13.7. The van der Waals surface area contributed by atoms with Crippen molar-refractivity contribution in [3.05, 3.63) is 54.1 Å². The first-order chi connectivity index (χ1) is 11.2. The summed E-state index contributed by atoms with van der Waals surface area (Å²) in [6.45, 7) is 1.51. The molecule has 1 aromatic carbocycles. The molecule has 0 N–H and O–H groups in total. The van der Waals surface area contributed by atoms with Crippen molar-refractivity contribution in [3.8, 4) is 0 Å². The molecular weight excluding hydrogens is 290 g/mol. The molecule has 1 amide bonds. The molecule has 2 heterocycles. The molecule has 1 unspecified atom stereocenters. The number of imidazole rings is 1. The van der Waals surface area contributed by atoms with Crippen LogP contribution in [-0.2, 0) is 16.6 Å². The molecule has 122 valence electrons. The predicted molar refractivity (Wildman–Crippen MR) is 88.0 cm³/mol. The van der Waals surface area contributed by atoms with Gasteiger partial charge in [-0.2, -0.15) is 0 Å². The molecule has 1 fully saturated rings. The average molecular weight is 313 g/mol. The van der Waals surface area contributed by atoms with Crippen LogP contribution < -0.4 is 0 Å². The number of methoxy groups -OCH3 is 1. The molecule has 1 aliphatic rings. The van der Waals surface area contributed by atoms with Crippen LogP contribution >= 0.6 is 0 Å². The molecular formula is C18H23N3O2. The molecule has 5 heteroatoms. The third-order valence-electron chi connectivity index (χ3n) is 4.59. The van der Waals surface area contributed by atoms with Gasteiger partial charge in [-0.25, -0.2) is 4.98 Å². The average Bonchev–Trinajstić information content (AvgIpc) is 3.02. The van der Waals surface area contributed by atoms with Crippen LogP contribution in [0.5, 0.6) is 0 Å².